The lowest BCUT2D eigenvalue weighted by molar-refractivity contribution is -0.113. The second kappa shape index (κ2) is 3.21. The number of carbonyl (C=O) groups excluding carboxylic acids is 1. The number of hydrogen-bond donors (Lipinski definition) is 2. The highest BCUT2D eigenvalue weighted by molar-refractivity contribution is 5.85. The fourth-order valence-electron chi connectivity index (χ4n) is 0.165. The van der Waals surface area contributed by atoms with E-state index in [2.05, 4.69) is 5.32 Å². The standard InChI is InChI=1S/C4H8N2O/c1-6-3-2-4(5)7/h2-3,6H,1H3,(H2,5,7)/b3-2-. The molecule has 0 atom stereocenters. The Bertz CT molecular complexity index is 87.7. The predicted molar refractivity (Wildman–Crippen MR) is 27.4 cm³/mol. The maximum absolute atomic E-state index is 9.85. The van der Waals surface area contributed by atoms with Gasteiger partial charge in [0.25, 0.3) is 0 Å². The summed E-state index contributed by atoms with van der Waals surface area (Å²) in [6.07, 6.45) is 2.72. The molecule has 3 N–H and O–H groups in total. The molecule has 0 aliphatic heterocycles. The van der Waals surface area contributed by atoms with Crippen LogP contribution in [0.25, 0.3) is 0 Å². The highest BCUT2D eigenvalue weighted by Gasteiger charge is 1.75. The Balaban J connectivity index is 3.26. The summed E-state index contributed by atoms with van der Waals surface area (Å²) in [7, 11) is 1.69. The van der Waals surface area contributed by atoms with Crippen LogP contribution in [0.4, 0.5) is 0 Å². The molecule has 0 saturated carbocycles. The first-order chi connectivity index (χ1) is 3.27. The van der Waals surface area contributed by atoms with Gasteiger partial charge in [0.2, 0.25) is 5.91 Å². The number of rotatable bonds is 2. The van der Waals surface area contributed by atoms with Gasteiger partial charge in [0.15, 0.2) is 0 Å². The molecule has 0 aromatic rings. The first kappa shape index (κ1) is 6.01. The minimum absolute atomic E-state index is 0.436. The third kappa shape index (κ3) is 5.01. The van der Waals surface area contributed by atoms with Crippen LogP contribution in [0.2, 0.25) is 0 Å². The Morgan fingerprint density at radius 1 is 1.86 bits per heavy atom. The molecule has 0 aliphatic rings. The highest BCUT2D eigenvalue weighted by Crippen LogP contribution is 1.59. The third-order valence-electron chi connectivity index (χ3n) is 0.414. The molecule has 0 saturated heterocycles. The Morgan fingerprint density at radius 2 is 2.43 bits per heavy atom. The van der Waals surface area contributed by atoms with E-state index in [1.807, 2.05) is 0 Å². The van der Waals surface area contributed by atoms with Crippen LogP contribution in [0.15, 0.2) is 12.3 Å². The molecule has 3 nitrogen and oxygen atoms in total. The molecule has 0 bridgehead atoms. The van der Waals surface area contributed by atoms with Crippen LogP contribution < -0.4 is 11.1 Å². The van der Waals surface area contributed by atoms with Crippen LogP contribution in [-0.2, 0) is 4.79 Å². The van der Waals surface area contributed by atoms with Crippen LogP contribution in [0.1, 0.15) is 0 Å². The zero-order valence-corrected chi connectivity index (χ0v) is 4.14. The average molecular weight is 100 g/mol. The van der Waals surface area contributed by atoms with Crippen LogP contribution in [-0.4, -0.2) is 13.0 Å². The Hall–Kier alpha value is -0.990. The number of hydrogen-bond acceptors (Lipinski definition) is 2. The molecule has 0 aromatic carbocycles. The van der Waals surface area contributed by atoms with Crippen molar-refractivity contribution in [1.82, 2.24) is 5.32 Å². The Kier molecular flexibility index (Phi) is 2.76. The number of carbonyl (C=O) groups is 1. The maximum Gasteiger partial charge on any atom is 0.242 e. The van der Waals surface area contributed by atoms with Gasteiger partial charge in [-0.2, -0.15) is 0 Å². The van der Waals surface area contributed by atoms with Gasteiger partial charge in [-0.25, -0.2) is 0 Å². The smallest absolute Gasteiger partial charge is 0.242 e. The number of primary amides is 1. The lowest BCUT2D eigenvalue weighted by atomic mass is 10.6. The molecule has 0 fully saturated rings. The zero-order valence-electron chi connectivity index (χ0n) is 4.14. The van der Waals surface area contributed by atoms with Crippen molar-refractivity contribution in [1.29, 1.82) is 0 Å². The molecule has 0 aromatic heterocycles. The molecule has 7 heavy (non-hydrogen) atoms. The molecule has 40 valence electrons. The molecular formula is C4H8N2O. The largest absolute Gasteiger partial charge is 0.394 e. The highest BCUT2D eigenvalue weighted by atomic mass is 16.1. The van der Waals surface area contributed by atoms with E-state index in [1.54, 1.807) is 7.05 Å². The molecule has 0 spiro atoms. The van der Waals surface area contributed by atoms with Crippen molar-refractivity contribution in [3.63, 3.8) is 0 Å². The second-order valence-corrected chi connectivity index (χ2v) is 1.02. The molecule has 0 aliphatic carbocycles. The van der Waals surface area contributed by atoms with E-state index >= 15 is 0 Å². The first-order valence-electron chi connectivity index (χ1n) is 1.90. The van der Waals surface area contributed by atoms with Crippen molar-refractivity contribution in [3.05, 3.63) is 12.3 Å². The van der Waals surface area contributed by atoms with Gasteiger partial charge in [0.05, 0.1) is 0 Å². The topological polar surface area (TPSA) is 55.1 Å². The van der Waals surface area contributed by atoms with Gasteiger partial charge < -0.3 is 11.1 Å². The van der Waals surface area contributed by atoms with Crippen LogP contribution >= 0.6 is 0 Å². The molecular weight excluding hydrogens is 92.1 g/mol. The van der Waals surface area contributed by atoms with Gasteiger partial charge in [0.1, 0.15) is 0 Å². The SMILES string of the molecule is CN/C=C\C(N)=O. The van der Waals surface area contributed by atoms with Crippen molar-refractivity contribution in [2.75, 3.05) is 7.05 Å². The summed E-state index contributed by atoms with van der Waals surface area (Å²) in [4.78, 5) is 9.85. The number of nitrogens with two attached hydrogens (primary N) is 1. The van der Waals surface area contributed by atoms with E-state index in [-0.39, 0.29) is 0 Å². The number of nitrogens with one attached hydrogen (secondary N) is 1. The summed E-state index contributed by atoms with van der Waals surface area (Å²) >= 11 is 0. The van der Waals surface area contributed by atoms with Crippen LogP contribution in [0.3, 0.4) is 0 Å². The molecule has 0 rings (SSSR count). The minimum Gasteiger partial charge on any atom is -0.394 e. The maximum atomic E-state index is 9.85. The van der Waals surface area contributed by atoms with Crippen LogP contribution in [0, 0.1) is 0 Å². The van der Waals surface area contributed by atoms with Crippen molar-refractivity contribution in [3.8, 4) is 0 Å². The average Bonchev–Trinajstić information content (AvgIpc) is 1.61. The summed E-state index contributed by atoms with van der Waals surface area (Å²) in [5.41, 5.74) is 4.71. The van der Waals surface area contributed by atoms with E-state index < -0.39 is 5.91 Å². The van der Waals surface area contributed by atoms with Crippen molar-refractivity contribution >= 4 is 5.91 Å². The van der Waals surface area contributed by atoms with E-state index in [0.29, 0.717) is 0 Å². The summed E-state index contributed by atoms with van der Waals surface area (Å²) < 4.78 is 0. The van der Waals surface area contributed by atoms with Crippen LogP contribution in [0.5, 0.6) is 0 Å². The second-order valence-electron chi connectivity index (χ2n) is 1.02. The molecule has 0 radical (unpaired) electrons. The van der Waals surface area contributed by atoms with E-state index in [9.17, 15) is 4.79 Å². The fraction of sp³-hybridized carbons (Fsp3) is 0.250. The molecule has 0 unspecified atom stereocenters. The van der Waals surface area contributed by atoms with Gasteiger partial charge in [-0.15, -0.1) is 0 Å². The Morgan fingerprint density at radius 3 is 2.57 bits per heavy atom. The van der Waals surface area contributed by atoms with Crippen molar-refractivity contribution < 1.29 is 4.79 Å². The summed E-state index contributed by atoms with van der Waals surface area (Å²) in [6, 6.07) is 0. The lowest BCUT2D eigenvalue weighted by Gasteiger charge is -1.79. The van der Waals surface area contributed by atoms with Crippen molar-refractivity contribution in [2.24, 2.45) is 5.73 Å². The molecule has 3 heteroatoms. The van der Waals surface area contributed by atoms with Gasteiger partial charge in [-0.05, 0) is 0 Å². The lowest BCUT2D eigenvalue weighted by Crippen LogP contribution is -2.07. The normalized spacial score (nSPS) is 9.29. The number of amides is 1. The van der Waals surface area contributed by atoms with Gasteiger partial charge in [-0.1, -0.05) is 0 Å². The Labute approximate surface area is 42.2 Å². The summed E-state index contributed by atoms with van der Waals surface area (Å²) in [5, 5.41) is 2.62. The van der Waals surface area contributed by atoms with E-state index in [1.165, 1.54) is 12.3 Å². The minimum atomic E-state index is -0.436. The van der Waals surface area contributed by atoms with E-state index in [4.69, 9.17) is 5.73 Å². The van der Waals surface area contributed by atoms with E-state index in [0.717, 1.165) is 0 Å². The predicted octanol–water partition coefficient (Wildman–Crippen LogP) is -0.795. The first-order valence-corrected chi connectivity index (χ1v) is 1.90. The monoisotopic (exact) mass is 100 g/mol. The quantitative estimate of drug-likeness (QED) is 0.446. The van der Waals surface area contributed by atoms with Crippen molar-refractivity contribution in [2.45, 2.75) is 0 Å². The summed E-state index contributed by atoms with van der Waals surface area (Å²) in [5.74, 6) is -0.436. The third-order valence-corrected chi connectivity index (χ3v) is 0.414. The summed E-state index contributed by atoms with van der Waals surface area (Å²) in [6.45, 7) is 0. The molecule has 0 heterocycles. The zero-order chi connectivity index (χ0) is 5.70. The fourth-order valence-corrected chi connectivity index (χ4v) is 0.165. The molecule has 1 amide bonds. The van der Waals surface area contributed by atoms with Gasteiger partial charge in [-0.3, -0.25) is 4.79 Å². The van der Waals surface area contributed by atoms with Gasteiger partial charge in [0, 0.05) is 19.3 Å². The van der Waals surface area contributed by atoms with Gasteiger partial charge >= 0.3 is 0 Å².